The van der Waals surface area contributed by atoms with E-state index in [9.17, 15) is 4.39 Å². The summed E-state index contributed by atoms with van der Waals surface area (Å²) in [6.45, 7) is 9.23. The van der Waals surface area contributed by atoms with Crippen molar-refractivity contribution < 1.29 is 4.39 Å². The van der Waals surface area contributed by atoms with Gasteiger partial charge >= 0.3 is 0 Å². The van der Waals surface area contributed by atoms with Crippen LogP contribution in [-0.4, -0.2) is 24.5 Å². The highest BCUT2D eigenvalue weighted by Crippen LogP contribution is 2.30. The largest absolute Gasteiger partial charge is 0.329 e. The minimum Gasteiger partial charge on any atom is -0.329 e. The van der Waals surface area contributed by atoms with Crippen LogP contribution in [0.25, 0.3) is 0 Å². The van der Waals surface area contributed by atoms with Gasteiger partial charge in [0.2, 0.25) is 0 Å². The van der Waals surface area contributed by atoms with Gasteiger partial charge in [0.25, 0.3) is 0 Å². The van der Waals surface area contributed by atoms with E-state index < -0.39 is 0 Å². The van der Waals surface area contributed by atoms with E-state index in [0.29, 0.717) is 12.1 Å². The number of benzene rings is 1. The molecule has 1 aliphatic heterocycles. The van der Waals surface area contributed by atoms with Gasteiger partial charge in [-0.25, -0.2) is 4.39 Å². The predicted octanol–water partition coefficient (Wildman–Crippen LogP) is 3.50. The molecule has 1 fully saturated rings. The number of halogens is 1. The Hall–Kier alpha value is -0.930. The van der Waals surface area contributed by atoms with Crippen LogP contribution in [0, 0.1) is 24.6 Å². The summed E-state index contributed by atoms with van der Waals surface area (Å²) < 4.78 is 13.4. The zero-order chi connectivity index (χ0) is 14.7. The van der Waals surface area contributed by atoms with Gasteiger partial charge in [-0.05, 0) is 61.9 Å². The predicted molar refractivity (Wildman–Crippen MR) is 82.1 cm³/mol. The van der Waals surface area contributed by atoms with Gasteiger partial charge in [-0.15, -0.1) is 0 Å². The molecular weight excluding hydrogens is 251 g/mol. The van der Waals surface area contributed by atoms with Crippen LogP contribution in [0.15, 0.2) is 18.2 Å². The molecule has 0 aliphatic carbocycles. The van der Waals surface area contributed by atoms with E-state index in [1.165, 1.54) is 12.8 Å². The second-order valence-electron chi connectivity index (χ2n) is 6.38. The first kappa shape index (κ1) is 15.5. The average Bonchev–Trinajstić information content (AvgIpc) is 2.44. The fourth-order valence-corrected chi connectivity index (χ4v) is 3.27. The van der Waals surface area contributed by atoms with E-state index in [1.807, 2.05) is 19.1 Å². The molecule has 0 bridgehead atoms. The van der Waals surface area contributed by atoms with E-state index in [1.54, 1.807) is 6.07 Å². The zero-order valence-corrected chi connectivity index (χ0v) is 12.9. The van der Waals surface area contributed by atoms with Crippen LogP contribution in [0.3, 0.4) is 0 Å². The molecule has 0 radical (unpaired) electrons. The number of nitrogens with two attached hydrogens (primary N) is 1. The fraction of sp³-hybridized carbons (Fsp3) is 0.647. The maximum absolute atomic E-state index is 13.4. The number of piperidine rings is 1. The van der Waals surface area contributed by atoms with Crippen LogP contribution in [0.1, 0.15) is 43.9 Å². The molecule has 3 heteroatoms. The number of aryl methyl sites for hydroxylation is 1. The van der Waals surface area contributed by atoms with Gasteiger partial charge < -0.3 is 5.73 Å². The number of rotatable bonds is 4. The molecule has 2 rings (SSSR count). The van der Waals surface area contributed by atoms with Crippen molar-refractivity contribution in [3.8, 4) is 0 Å². The first-order valence-corrected chi connectivity index (χ1v) is 7.73. The number of hydrogen-bond acceptors (Lipinski definition) is 2. The van der Waals surface area contributed by atoms with Gasteiger partial charge in [-0.1, -0.05) is 26.0 Å². The first-order chi connectivity index (χ1) is 9.52. The van der Waals surface area contributed by atoms with Crippen LogP contribution in [0.5, 0.6) is 0 Å². The SMILES string of the molecule is Cc1cc(C(CN)N2CCC(C(C)C)CC2)ccc1F. The van der Waals surface area contributed by atoms with Crippen LogP contribution in [0.2, 0.25) is 0 Å². The second kappa shape index (κ2) is 6.68. The minimum absolute atomic E-state index is 0.136. The fourth-order valence-electron chi connectivity index (χ4n) is 3.27. The van der Waals surface area contributed by atoms with Crippen molar-refractivity contribution in [1.82, 2.24) is 4.90 Å². The lowest BCUT2D eigenvalue weighted by molar-refractivity contribution is 0.117. The highest BCUT2D eigenvalue weighted by Gasteiger charge is 2.26. The lowest BCUT2D eigenvalue weighted by Gasteiger charge is -2.38. The van der Waals surface area contributed by atoms with E-state index in [-0.39, 0.29) is 11.9 Å². The van der Waals surface area contributed by atoms with Gasteiger partial charge in [0.05, 0.1) is 0 Å². The lowest BCUT2D eigenvalue weighted by atomic mass is 9.86. The Morgan fingerprint density at radius 1 is 1.30 bits per heavy atom. The van der Waals surface area contributed by atoms with Crippen molar-refractivity contribution in [1.29, 1.82) is 0 Å². The molecular formula is C17H27FN2. The maximum atomic E-state index is 13.4. The molecule has 1 heterocycles. The maximum Gasteiger partial charge on any atom is 0.126 e. The zero-order valence-electron chi connectivity index (χ0n) is 12.9. The monoisotopic (exact) mass is 278 g/mol. The summed E-state index contributed by atoms with van der Waals surface area (Å²) in [7, 11) is 0. The Bertz CT molecular complexity index is 437. The Morgan fingerprint density at radius 2 is 1.95 bits per heavy atom. The molecule has 1 atom stereocenters. The summed E-state index contributed by atoms with van der Waals surface area (Å²) in [4.78, 5) is 2.46. The molecule has 2 N–H and O–H groups in total. The Morgan fingerprint density at radius 3 is 2.45 bits per heavy atom. The summed E-state index contributed by atoms with van der Waals surface area (Å²) in [5.41, 5.74) is 7.84. The third-order valence-corrected chi connectivity index (χ3v) is 4.75. The van der Waals surface area contributed by atoms with E-state index in [2.05, 4.69) is 18.7 Å². The Balaban J connectivity index is 2.07. The molecule has 1 unspecified atom stereocenters. The molecule has 0 spiro atoms. The molecule has 1 aromatic carbocycles. The molecule has 0 amide bonds. The van der Waals surface area contributed by atoms with Crippen molar-refractivity contribution in [2.45, 2.75) is 39.7 Å². The molecule has 0 aromatic heterocycles. The van der Waals surface area contributed by atoms with Crippen molar-refractivity contribution in [2.24, 2.45) is 17.6 Å². The summed E-state index contributed by atoms with van der Waals surface area (Å²) in [5, 5.41) is 0. The molecule has 2 nitrogen and oxygen atoms in total. The molecule has 112 valence electrons. The second-order valence-corrected chi connectivity index (χ2v) is 6.38. The van der Waals surface area contributed by atoms with Crippen molar-refractivity contribution >= 4 is 0 Å². The third kappa shape index (κ3) is 3.39. The molecule has 0 saturated carbocycles. The minimum atomic E-state index is -0.136. The smallest absolute Gasteiger partial charge is 0.126 e. The molecule has 20 heavy (non-hydrogen) atoms. The highest BCUT2D eigenvalue weighted by molar-refractivity contribution is 5.27. The van der Waals surface area contributed by atoms with Gasteiger partial charge in [0, 0.05) is 12.6 Å². The third-order valence-electron chi connectivity index (χ3n) is 4.75. The van der Waals surface area contributed by atoms with Gasteiger partial charge in [-0.2, -0.15) is 0 Å². The molecule has 1 saturated heterocycles. The average molecular weight is 278 g/mol. The van der Waals surface area contributed by atoms with Crippen LogP contribution in [-0.2, 0) is 0 Å². The first-order valence-electron chi connectivity index (χ1n) is 7.73. The van der Waals surface area contributed by atoms with Crippen LogP contribution < -0.4 is 5.73 Å². The van der Waals surface area contributed by atoms with E-state index >= 15 is 0 Å². The Kier molecular flexibility index (Phi) is 5.17. The topological polar surface area (TPSA) is 29.3 Å². The Labute approximate surface area is 122 Å². The van der Waals surface area contributed by atoms with E-state index in [4.69, 9.17) is 5.73 Å². The number of nitrogens with zero attached hydrogens (tertiary/aromatic N) is 1. The highest BCUT2D eigenvalue weighted by atomic mass is 19.1. The van der Waals surface area contributed by atoms with Crippen LogP contribution in [0.4, 0.5) is 4.39 Å². The van der Waals surface area contributed by atoms with Gasteiger partial charge in [0.1, 0.15) is 5.82 Å². The molecule has 1 aromatic rings. The normalized spacial score (nSPS) is 19.5. The van der Waals surface area contributed by atoms with Crippen molar-refractivity contribution in [2.75, 3.05) is 19.6 Å². The van der Waals surface area contributed by atoms with E-state index in [0.717, 1.165) is 30.5 Å². The molecule has 1 aliphatic rings. The summed E-state index contributed by atoms with van der Waals surface area (Å²) in [6.07, 6.45) is 2.49. The number of likely N-dealkylation sites (tertiary alicyclic amines) is 1. The van der Waals surface area contributed by atoms with Crippen molar-refractivity contribution in [3.63, 3.8) is 0 Å². The summed E-state index contributed by atoms with van der Waals surface area (Å²) in [5.74, 6) is 1.46. The lowest BCUT2D eigenvalue weighted by Crippen LogP contribution is -2.40. The van der Waals surface area contributed by atoms with Gasteiger partial charge in [-0.3, -0.25) is 4.90 Å². The standard InChI is InChI=1S/C17H27FN2/c1-12(2)14-6-8-20(9-7-14)17(11-19)15-4-5-16(18)13(3)10-15/h4-5,10,12,14,17H,6-9,11,19H2,1-3H3. The summed E-state index contributed by atoms with van der Waals surface area (Å²) in [6, 6.07) is 5.62. The number of hydrogen-bond donors (Lipinski definition) is 1. The van der Waals surface area contributed by atoms with Crippen molar-refractivity contribution in [3.05, 3.63) is 35.1 Å². The van der Waals surface area contributed by atoms with Gasteiger partial charge in [0.15, 0.2) is 0 Å². The van der Waals surface area contributed by atoms with Crippen LogP contribution >= 0.6 is 0 Å². The quantitative estimate of drug-likeness (QED) is 0.913. The summed E-state index contributed by atoms with van der Waals surface area (Å²) >= 11 is 0.